The van der Waals surface area contributed by atoms with Crippen LogP contribution in [-0.4, -0.2) is 35.7 Å². The molecule has 0 aliphatic carbocycles. The summed E-state index contributed by atoms with van der Waals surface area (Å²) in [7, 11) is 1.16. The third-order valence-corrected chi connectivity index (χ3v) is 4.78. The lowest BCUT2D eigenvalue weighted by Crippen LogP contribution is -2.36. The number of carbonyl (C=O) groups excluding carboxylic acids is 4. The predicted octanol–water partition coefficient (Wildman–Crippen LogP) is 2.58. The minimum Gasteiger partial charge on any atom is -0.464 e. The second-order valence-electron chi connectivity index (χ2n) is 6.82. The van der Waals surface area contributed by atoms with Crippen molar-refractivity contribution >= 4 is 29.4 Å². The average Bonchev–Trinajstić information content (AvgIpc) is 3.09. The molecule has 2 aromatic carbocycles. The van der Waals surface area contributed by atoms with E-state index in [1.165, 1.54) is 11.8 Å². The average molecular weight is 419 g/mol. The van der Waals surface area contributed by atoms with Crippen LogP contribution in [0.15, 0.2) is 67.0 Å². The van der Waals surface area contributed by atoms with Crippen molar-refractivity contribution in [3.63, 3.8) is 0 Å². The van der Waals surface area contributed by atoms with Gasteiger partial charge in [0, 0.05) is 23.7 Å². The Bertz CT molecular complexity index is 1140. The number of amides is 3. The van der Waals surface area contributed by atoms with E-state index in [1.54, 1.807) is 24.3 Å². The summed E-state index contributed by atoms with van der Waals surface area (Å²) >= 11 is 0. The molecule has 1 heterocycles. The van der Waals surface area contributed by atoms with E-state index >= 15 is 0 Å². The molecule has 8 nitrogen and oxygen atoms in total. The van der Waals surface area contributed by atoms with Crippen molar-refractivity contribution in [3.05, 3.63) is 78.1 Å². The number of hydrogen-bond donors (Lipinski definition) is 2. The number of anilines is 1. The number of ether oxygens (including phenoxy) is 1. The molecule has 0 saturated carbocycles. The zero-order chi connectivity index (χ0) is 22.7. The Morgan fingerprint density at radius 2 is 1.65 bits per heavy atom. The minimum absolute atomic E-state index is 0.107. The number of para-hydroxylation sites is 1. The first-order chi connectivity index (χ1) is 14.7. The van der Waals surface area contributed by atoms with E-state index < -0.39 is 17.8 Å². The standard InChI is InChI=1S/C23H21N3O5/c1-13(23(30)31-4)24-21(28)14(2)26-12-19-16(9-7-10-18(19)22(26)29)17-8-5-6-11-20(17)25-15(3)27/h5-11H,1-2,12H2,3-4H3,(H,24,28)(H,25,27). The predicted molar refractivity (Wildman–Crippen MR) is 114 cm³/mol. The van der Waals surface area contributed by atoms with Crippen LogP contribution in [0.2, 0.25) is 0 Å². The Morgan fingerprint density at radius 1 is 1.00 bits per heavy atom. The third kappa shape index (κ3) is 4.23. The van der Waals surface area contributed by atoms with Crippen LogP contribution in [0.3, 0.4) is 0 Å². The molecule has 1 aliphatic heterocycles. The molecule has 0 radical (unpaired) electrons. The van der Waals surface area contributed by atoms with Gasteiger partial charge in [0.1, 0.15) is 11.4 Å². The van der Waals surface area contributed by atoms with Gasteiger partial charge in [0.25, 0.3) is 11.8 Å². The maximum absolute atomic E-state index is 13.0. The summed E-state index contributed by atoms with van der Waals surface area (Å²) < 4.78 is 4.50. The van der Waals surface area contributed by atoms with Crippen LogP contribution >= 0.6 is 0 Å². The molecule has 0 spiro atoms. The van der Waals surface area contributed by atoms with Gasteiger partial charge in [0.05, 0.1) is 13.7 Å². The fourth-order valence-corrected chi connectivity index (χ4v) is 3.33. The minimum atomic E-state index is -0.797. The van der Waals surface area contributed by atoms with Crippen LogP contribution in [0.5, 0.6) is 0 Å². The Hall–Kier alpha value is -4.20. The number of hydrogen-bond acceptors (Lipinski definition) is 5. The molecular weight excluding hydrogens is 398 g/mol. The molecule has 1 aliphatic rings. The highest BCUT2D eigenvalue weighted by Crippen LogP contribution is 2.37. The van der Waals surface area contributed by atoms with Crippen LogP contribution in [0, 0.1) is 0 Å². The largest absolute Gasteiger partial charge is 0.464 e. The summed E-state index contributed by atoms with van der Waals surface area (Å²) in [5.41, 5.74) is 2.85. The van der Waals surface area contributed by atoms with Crippen molar-refractivity contribution in [1.82, 2.24) is 10.2 Å². The first kappa shape index (κ1) is 21.5. The van der Waals surface area contributed by atoms with Crippen molar-refractivity contribution in [1.29, 1.82) is 0 Å². The highest BCUT2D eigenvalue weighted by molar-refractivity contribution is 6.08. The number of esters is 1. The van der Waals surface area contributed by atoms with Crippen molar-refractivity contribution in [2.24, 2.45) is 0 Å². The molecule has 3 amide bonds. The Balaban J connectivity index is 1.91. The van der Waals surface area contributed by atoms with Crippen molar-refractivity contribution in [2.75, 3.05) is 12.4 Å². The number of nitrogens with zero attached hydrogens (tertiary/aromatic N) is 1. The van der Waals surface area contributed by atoms with Crippen molar-refractivity contribution < 1.29 is 23.9 Å². The van der Waals surface area contributed by atoms with Gasteiger partial charge in [-0.25, -0.2) is 4.79 Å². The molecule has 0 bridgehead atoms. The summed E-state index contributed by atoms with van der Waals surface area (Å²) in [6, 6.07) is 12.5. The lowest BCUT2D eigenvalue weighted by molar-refractivity contribution is -0.137. The molecule has 158 valence electrons. The van der Waals surface area contributed by atoms with Crippen LogP contribution in [0.4, 0.5) is 5.69 Å². The smallest absolute Gasteiger partial charge is 0.353 e. The second kappa shape index (κ2) is 8.66. The number of fused-ring (bicyclic) bond motifs is 1. The quantitative estimate of drug-likeness (QED) is 0.553. The van der Waals surface area contributed by atoms with Crippen LogP contribution in [0.25, 0.3) is 11.1 Å². The third-order valence-electron chi connectivity index (χ3n) is 4.78. The van der Waals surface area contributed by atoms with E-state index in [2.05, 4.69) is 28.5 Å². The maximum atomic E-state index is 13.0. The maximum Gasteiger partial charge on any atom is 0.353 e. The fourth-order valence-electron chi connectivity index (χ4n) is 3.33. The monoisotopic (exact) mass is 419 g/mol. The highest BCUT2D eigenvalue weighted by Gasteiger charge is 2.34. The summed E-state index contributed by atoms with van der Waals surface area (Å²) in [4.78, 5) is 49.7. The van der Waals surface area contributed by atoms with Gasteiger partial charge in [0.2, 0.25) is 5.91 Å². The fraction of sp³-hybridized carbons (Fsp3) is 0.130. The number of methoxy groups -OCH3 is 1. The highest BCUT2D eigenvalue weighted by atomic mass is 16.5. The second-order valence-corrected chi connectivity index (χ2v) is 6.82. The summed E-state index contributed by atoms with van der Waals surface area (Å²) in [5.74, 6) is -2.14. The van der Waals surface area contributed by atoms with Gasteiger partial charge in [-0.15, -0.1) is 0 Å². The molecule has 0 atom stereocenters. The number of rotatable bonds is 6. The van der Waals surface area contributed by atoms with E-state index in [9.17, 15) is 19.2 Å². The SMILES string of the molecule is C=C(NC(=O)C(=C)N1Cc2c(cccc2-c2ccccc2NC(C)=O)C1=O)C(=O)OC. The van der Waals surface area contributed by atoms with E-state index in [0.717, 1.165) is 18.2 Å². The van der Waals surface area contributed by atoms with Crippen molar-refractivity contribution in [2.45, 2.75) is 13.5 Å². The van der Waals surface area contributed by atoms with E-state index in [1.807, 2.05) is 18.2 Å². The first-order valence-corrected chi connectivity index (χ1v) is 9.32. The van der Waals surface area contributed by atoms with Gasteiger partial charge in [-0.05, 0) is 23.3 Å². The topological polar surface area (TPSA) is 105 Å². The zero-order valence-electron chi connectivity index (χ0n) is 17.2. The Labute approximate surface area is 179 Å². The van der Waals surface area contributed by atoms with E-state index in [0.29, 0.717) is 16.8 Å². The van der Waals surface area contributed by atoms with Gasteiger partial charge in [-0.1, -0.05) is 43.5 Å². The van der Waals surface area contributed by atoms with Crippen LogP contribution in [-0.2, 0) is 25.7 Å². The zero-order valence-corrected chi connectivity index (χ0v) is 17.2. The molecule has 0 saturated heterocycles. The lowest BCUT2D eigenvalue weighted by atomic mass is 9.95. The van der Waals surface area contributed by atoms with E-state index in [4.69, 9.17) is 0 Å². The molecule has 0 aromatic heterocycles. The van der Waals surface area contributed by atoms with Gasteiger partial charge in [0.15, 0.2) is 0 Å². The van der Waals surface area contributed by atoms with Crippen molar-refractivity contribution in [3.8, 4) is 11.1 Å². The first-order valence-electron chi connectivity index (χ1n) is 9.32. The van der Waals surface area contributed by atoms with Crippen LogP contribution < -0.4 is 10.6 Å². The molecule has 0 unspecified atom stereocenters. The summed E-state index contributed by atoms with van der Waals surface area (Å²) in [6.45, 7) is 8.67. The number of benzene rings is 2. The van der Waals surface area contributed by atoms with E-state index in [-0.39, 0.29) is 23.8 Å². The molecule has 8 heteroatoms. The number of carbonyl (C=O) groups is 4. The molecule has 0 fully saturated rings. The molecular formula is C23H21N3O5. The van der Waals surface area contributed by atoms with Crippen LogP contribution in [0.1, 0.15) is 22.8 Å². The molecule has 2 aromatic rings. The van der Waals surface area contributed by atoms with Gasteiger partial charge >= 0.3 is 5.97 Å². The van der Waals surface area contributed by atoms with Gasteiger partial charge < -0.3 is 15.4 Å². The number of nitrogens with one attached hydrogen (secondary N) is 2. The summed E-state index contributed by atoms with van der Waals surface area (Å²) in [5, 5.41) is 5.07. The molecule has 3 rings (SSSR count). The van der Waals surface area contributed by atoms with Gasteiger partial charge in [-0.2, -0.15) is 0 Å². The Kier molecular flexibility index (Phi) is 6.01. The lowest BCUT2D eigenvalue weighted by Gasteiger charge is -2.18. The normalized spacial score (nSPS) is 12.1. The Morgan fingerprint density at radius 3 is 2.32 bits per heavy atom. The molecule has 2 N–H and O–H groups in total. The van der Waals surface area contributed by atoms with Gasteiger partial charge in [-0.3, -0.25) is 19.3 Å². The summed E-state index contributed by atoms with van der Waals surface area (Å²) in [6.07, 6.45) is 0. The molecule has 31 heavy (non-hydrogen) atoms.